The molecule has 1 aromatic carbocycles. The molecular weight excluding hydrogens is 306 g/mol. The molecule has 0 radical (unpaired) electrons. The van der Waals surface area contributed by atoms with Crippen molar-refractivity contribution in [2.45, 2.75) is 0 Å². The number of carbonyl (C=O) groups is 1. The van der Waals surface area contributed by atoms with E-state index in [0.717, 1.165) is 10.9 Å². The molecule has 1 N–H and O–H groups in total. The summed E-state index contributed by atoms with van der Waals surface area (Å²) < 4.78 is 0. The summed E-state index contributed by atoms with van der Waals surface area (Å²) in [5.41, 5.74) is 3.94. The summed E-state index contributed by atoms with van der Waals surface area (Å²) in [7, 11) is 0. The van der Waals surface area contributed by atoms with Gasteiger partial charge in [0, 0.05) is 10.9 Å². The average molecular weight is 316 g/mol. The van der Waals surface area contributed by atoms with Gasteiger partial charge in [-0.3, -0.25) is 4.79 Å². The standard InChI is InChI=1S/C15H10ClN3OS/c16-14-11(8-10-4-1-2-5-12(10)18-14)9-17-19-15(20)13-6-3-7-21-13/h1-9H,(H,19,20)/b17-9+. The number of carbonyl (C=O) groups excluding carboxylic acids is 1. The summed E-state index contributed by atoms with van der Waals surface area (Å²) in [5, 5.41) is 7.07. The van der Waals surface area contributed by atoms with Gasteiger partial charge in [0.25, 0.3) is 5.91 Å². The third-order valence-electron chi connectivity index (χ3n) is 2.82. The van der Waals surface area contributed by atoms with E-state index in [-0.39, 0.29) is 5.91 Å². The predicted octanol–water partition coefficient (Wildman–Crippen LogP) is 3.71. The molecule has 0 saturated heterocycles. The second-order valence-electron chi connectivity index (χ2n) is 4.24. The highest BCUT2D eigenvalue weighted by Gasteiger charge is 2.05. The minimum atomic E-state index is -0.244. The maximum absolute atomic E-state index is 11.7. The summed E-state index contributed by atoms with van der Waals surface area (Å²) in [4.78, 5) is 16.6. The van der Waals surface area contributed by atoms with Gasteiger partial charge in [0.05, 0.1) is 16.6 Å². The molecule has 0 aliphatic rings. The first-order chi connectivity index (χ1) is 10.2. The molecule has 0 bridgehead atoms. The summed E-state index contributed by atoms with van der Waals surface area (Å²) in [6.45, 7) is 0. The number of nitrogens with zero attached hydrogens (tertiary/aromatic N) is 2. The van der Waals surface area contributed by atoms with Gasteiger partial charge in [-0.25, -0.2) is 10.4 Å². The van der Waals surface area contributed by atoms with Crippen molar-refractivity contribution in [2.24, 2.45) is 5.10 Å². The molecule has 0 unspecified atom stereocenters. The number of pyridine rings is 1. The highest BCUT2D eigenvalue weighted by molar-refractivity contribution is 7.12. The van der Waals surface area contributed by atoms with Crippen molar-refractivity contribution in [1.29, 1.82) is 0 Å². The molecule has 2 heterocycles. The van der Waals surface area contributed by atoms with Crippen LogP contribution in [0.1, 0.15) is 15.2 Å². The number of hydrogen-bond donors (Lipinski definition) is 1. The second-order valence-corrected chi connectivity index (χ2v) is 5.54. The number of nitrogens with one attached hydrogen (secondary N) is 1. The molecule has 3 rings (SSSR count). The van der Waals surface area contributed by atoms with Crippen LogP contribution in [0.25, 0.3) is 10.9 Å². The molecule has 0 fully saturated rings. The van der Waals surface area contributed by atoms with Gasteiger partial charge in [-0.2, -0.15) is 5.10 Å². The molecule has 4 nitrogen and oxygen atoms in total. The number of aromatic nitrogens is 1. The van der Waals surface area contributed by atoms with Crippen LogP contribution in [0.2, 0.25) is 5.15 Å². The second kappa shape index (κ2) is 6.03. The number of thiophene rings is 1. The molecule has 2 aromatic heterocycles. The van der Waals surface area contributed by atoms with Crippen LogP contribution in [-0.4, -0.2) is 17.1 Å². The molecule has 6 heteroatoms. The molecule has 21 heavy (non-hydrogen) atoms. The van der Waals surface area contributed by atoms with Crippen LogP contribution in [0, 0.1) is 0 Å². The summed E-state index contributed by atoms with van der Waals surface area (Å²) in [5.74, 6) is -0.244. The molecule has 0 spiro atoms. The van der Waals surface area contributed by atoms with Crippen LogP contribution in [-0.2, 0) is 0 Å². The van der Waals surface area contributed by atoms with Crippen molar-refractivity contribution < 1.29 is 4.79 Å². The summed E-state index contributed by atoms with van der Waals surface area (Å²) >= 11 is 7.46. The van der Waals surface area contributed by atoms with E-state index in [1.165, 1.54) is 17.6 Å². The van der Waals surface area contributed by atoms with Crippen molar-refractivity contribution in [3.05, 3.63) is 63.4 Å². The smallest absolute Gasteiger partial charge is 0.266 e. The van der Waals surface area contributed by atoms with Gasteiger partial charge in [0.1, 0.15) is 5.15 Å². The molecule has 1 amide bonds. The summed E-state index contributed by atoms with van der Waals surface area (Å²) in [6.07, 6.45) is 1.49. The number of hydrazone groups is 1. The van der Waals surface area contributed by atoms with E-state index in [9.17, 15) is 4.79 Å². The predicted molar refractivity (Wildman–Crippen MR) is 86.1 cm³/mol. The third-order valence-corrected chi connectivity index (χ3v) is 3.99. The Morgan fingerprint density at radius 3 is 2.95 bits per heavy atom. The highest BCUT2D eigenvalue weighted by Crippen LogP contribution is 2.18. The Hall–Kier alpha value is -2.24. The fraction of sp³-hybridized carbons (Fsp3) is 0. The maximum Gasteiger partial charge on any atom is 0.281 e. The lowest BCUT2D eigenvalue weighted by atomic mass is 10.2. The van der Waals surface area contributed by atoms with Gasteiger partial charge >= 0.3 is 0 Å². The zero-order valence-electron chi connectivity index (χ0n) is 10.8. The van der Waals surface area contributed by atoms with Gasteiger partial charge in [0.2, 0.25) is 0 Å². The van der Waals surface area contributed by atoms with E-state index in [1.54, 1.807) is 6.07 Å². The Morgan fingerprint density at radius 1 is 1.29 bits per heavy atom. The largest absolute Gasteiger partial charge is 0.281 e. The number of halogens is 1. The van der Waals surface area contributed by atoms with Crippen molar-refractivity contribution in [3.63, 3.8) is 0 Å². The average Bonchev–Trinajstić information content (AvgIpc) is 3.02. The number of amides is 1. The molecule has 104 valence electrons. The minimum absolute atomic E-state index is 0.244. The molecule has 0 saturated carbocycles. The number of fused-ring (bicyclic) bond motifs is 1. The van der Waals surface area contributed by atoms with Crippen LogP contribution in [0.15, 0.2) is 52.9 Å². The Morgan fingerprint density at radius 2 is 2.14 bits per heavy atom. The number of para-hydroxylation sites is 1. The van der Waals surface area contributed by atoms with E-state index in [4.69, 9.17) is 11.6 Å². The van der Waals surface area contributed by atoms with E-state index in [1.807, 2.05) is 41.8 Å². The maximum atomic E-state index is 11.7. The van der Waals surface area contributed by atoms with Crippen LogP contribution in [0.3, 0.4) is 0 Å². The molecule has 0 aliphatic carbocycles. The van der Waals surface area contributed by atoms with Crippen molar-refractivity contribution in [3.8, 4) is 0 Å². The molecular formula is C15H10ClN3OS. The molecule has 3 aromatic rings. The zero-order chi connectivity index (χ0) is 14.7. The van der Waals surface area contributed by atoms with E-state index in [2.05, 4.69) is 15.5 Å². The minimum Gasteiger partial charge on any atom is -0.266 e. The lowest BCUT2D eigenvalue weighted by Gasteiger charge is -2.01. The van der Waals surface area contributed by atoms with Crippen LogP contribution in [0.4, 0.5) is 0 Å². The fourth-order valence-electron chi connectivity index (χ4n) is 1.82. The Bertz CT molecular complexity index is 815. The van der Waals surface area contributed by atoms with Gasteiger partial charge in [-0.1, -0.05) is 35.9 Å². The first kappa shape index (κ1) is 13.7. The van der Waals surface area contributed by atoms with Crippen LogP contribution < -0.4 is 5.43 Å². The third kappa shape index (κ3) is 3.09. The number of rotatable bonds is 3. The quantitative estimate of drug-likeness (QED) is 0.455. The highest BCUT2D eigenvalue weighted by atomic mass is 35.5. The van der Waals surface area contributed by atoms with Crippen LogP contribution >= 0.6 is 22.9 Å². The lowest BCUT2D eigenvalue weighted by Crippen LogP contribution is -2.16. The Balaban J connectivity index is 1.79. The normalized spacial score (nSPS) is 11.1. The number of benzene rings is 1. The van der Waals surface area contributed by atoms with Gasteiger partial charge < -0.3 is 0 Å². The molecule has 0 aliphatic heterocycles. The Kier molecular flexibility index (Phi) is 3.94. The Labute approximate surface area is 130 Å². The van der Waals surface area contributed by atoms with Gasteiger partial charge in [-0.15, -0.1) is 11.3 Å². The van der Waals surface area contributed by atoms with Crippen molar-refractivity contribution in [2.75, 3.05) is 0 Å². The van der Waals surface area contributed by atoms with Gasteiger partial charge in [0.15, 0.2) is 0 Å². The van der Waals surface area contributed by atoms with Gasteiger partial charge in [-0.05, 0) is 23.6 Å². The first-order valence-electron chi connectivity index (χ1n) is 6.16. The zero-order valence-corrected chi connectivity index (χ0v) is 12.4. The first-order valence-corrected chi connectivity index (χ1v) is 7.42. The van der Waals surface area contributed by atoms with Crippen molar-refractivity contribution >= 4 is 46.0 Å². The van der Waals surface area contributed by atoms with E-state index in [0.29, 0.717) is 15.6 Å². The topological polar surface area (TPSA) is 54.4 Å². The number of hydrogen-bond acceptors (Lipinski definition) is 4. The summed E-state index contributed by atoms with van der Waals surface area (Å²) in [6, 6.07) is 13.1. The lowest BCUT2D eigenvalue weighted by molar-refractivity contribution is 0.0959. The van der Waals surface area contributed by atoms with Crippen molar-refractivity contribution in [1.82, 2.24) is 10.4 Å². The monoisotopic (exact) mass is 315 g/mol. The SMILES string of the molecule is O=C(N/N=C/c1cc2ccccc2nc1Cl)c1cccs1. The fourth-order valence-corrected chi connectivity index (χ4v) is 2.63. The molecule has 0 atom stereocenters. The van der Waals surface area contributed by atoms with E-state index < -0.39 is 0 Å². The van der Waals surface area contributed by atoms with E-state index >= 15 is 0 Å². The van der Waals surface area contributed by atoms with Crippen LogP contribution in [0.5, 0.6) is 0 Å².